The van der Waals surface area contributed by atoms with Crippen molar-refractivity contribution >= 4 is 34.8 Å². The molecule has 3 rings (SSSR count). The normalized spacial score (nSPS) is 10.5. The number of hydrogen-bond donors (Lipinski definition) is 3. The van der Waals surface area contributed by atoms with Crippen LogP contribution in [0.15, 0.2) is 48.5 Å². The van der Waals surface area contributed by atoms with Gasteiger partial charge >= 0.3 is 0 Å². The van der Waals surface area contributed by atoms with Gasteiger partial charge < -0.3 is 10.4 Å². The highest BCUT2D eigenvalue weighted by Crippen LogP contribution is 2.31. The standard InChI is InChI=1S/C16H11Cl2N3O2/c17-9-5-6-15(22)10(7-9)13-8-14(21-20-13)16(23)19-12-4-2-1-3-11(12)18/h1-8,22H,(H,19,23)(H,20,21). The number of nitrogens with one attached hydrogen (secondary N) is 2. The fraction of sp³-hybridized carbons (Fsp3) is 0. The minimum atomic E-state index is -0.390. The van der Waals surface area contributed by atoms with E-state index in [1.54, 1.807) is 36.4 Å². The van der Waals surface area contributed by atoms with E-state index in [4.69, 9.17) is 23.2 Å². The number of amides is 1. The van der Waals surface area contributed by atoms with Crippen molar-refractivity contribution in [3.8, 4) is 17.0 Å². The lowest BCUT2D eigenvalue weighted by atomic mass is 10.1. The summed E-state index contributed by atoms with van der Waals surface area (Å²) in [5.41, 5.74) is 1.58. The Bertz CT molecular complexity index is 877. The number of aromatic nitrogens is 2. The Labute approximate surface area is 141 Å². The summed E-state index contributed by atoms with van der Waals surface area (Å²) in [5.74, 6) is -0.364. The molecule has 3 aromatic rings. The zero-order valence-electron chi connectivity index (χ0n) is 11.7. The van der Waals surface area contributed by atoms with Gasteiger partial charge in [0.1, 0.15) is 11.4 Å². The molecule has 23 heavy (non-hydrogen) atoms. The van der Waals surface area contributed by atoms with Crippen molar-refractivity contribution in [1.29, 1.82) is 0 Å². The fourth-order valence-corrected chi connectivity index (χ4v) is 2.40. The van der Waals surface area contributed by atoms with E-state index < -0.39 is 5.91 Å². The highest BCUT2D eigenvalue weighted by Gasteiger charge is 2.14. The van der Waals surface area contributed by atoms with Crippen LogP contribution in [0, 0.1) is 0 Å². The lowest BCUT2D eigenvalue weighted by Crippen LogP contribution is -2.12. The molecule has 0 aliphatic rings. The van der Waals surface area contributed by atoms with Crippen LogP contribution in [0.4, 0.5) is 5.69 Å². The first kappa shape index (κ1) is 15.4. The number of phenols is 1. The molecule has 2 aromatic carbocycles. The molecule has 0 aliphatic carbocycles. The van der Waals surface area contributed by atoms with Crippen molar-refractivity contribution in [2.75, 3.05) is 5.32 Å². The molecule has 5 nitrogen and oxygen atoms in total. The van der Waals surface area contributed by atoms with Crippen LogP contribution >= 0.6 is 23.2 Å². The zero-order chi connectivity index (χ0) is 16.4. The summed E-state index contributed by atoms with van der Waals surface area (Å²) in [6, 6.07) is 13.0. The first-order valence-electron chi connectivity index (χ1n) is 6.65. The van der Waals surface area contributed by atoms with E-state index in [0.717, 1.165) is 0 Å². The van der Waals surface area contributed by atoms with Gasteiger partial charge in [0.2, 0.25) is 0 Å². The average molecular weight is 348 g/mol. The van der Waals surface area contributed by atoms with Gasteiger partial charge in [-0.2, -0.15) is 5.10 Å². The van der Waals surface area contributed by atoms with Gasteiger partial charge in [0.05, 0.1) is 16.4 Å². The highest BCUT2D eigenvalue weighted by molar-refractivity contribution is 6.33. The number of nitrogens with zero attached hydrogens (tertiary/aromatic N) is 1. The second-order valence-electron chi connectivity index (χ2n) is 4.76. The molecule has 0 saturated carbocycles. The van der Waals surface area contributed by atoms with Crippen LogP contribution in [0.5, 0.6) is 5.75 Å². The Morgan fingerprint density at radius 2 is 1.91 bits per heavy atom. The maximum atomic E-state index is 12.2. The molecule has 0 aliphatic heterocycles. The molecule has 0 unspecified atom stereocenters. The van der Waals surface area contributed by atoms with Gasteiger partial charge in [-0.1, -0.05) is 35.3 Å². The molecule has 3 N–H and O–H groups in total. The van der Waals surface area contributed by atoms with Crippen molar-refractivity contribution < 1.29 is 9.90 Å². The van der Waals surface area contributed by atoms with Crippen molar-refractivity contribution in [3.63, 3.8) is 0 Å². The SMILES string of the molecule is O=C(Nc1ccccc1Cl)c1cc(-c2cc(Cl)ccc2O)n[nH]1. The van der Waals surface area contributed by atoms with Crippen LogP contribution in [0.1, 0.15) is 10.5 Å². The van der Waals surface area contributed by atoms with Crippen molar-refractivity contribution in [3.05, 3.63) is 64.3 Å². The monoisotopic (exact) mass is 347 g/mol. The van der Waals surface area contributed by atoms with E-state index in [-0.39, 0.29) is 11.4 Å². The van der Waals surface area contributed by atoms with Crippen LogP contribution < -0.4 is 5.32 Å². The number of aromatic amines is 1. The van der Waals surface area contributed by atoms with Crippen LogP contribution in [0.3, 0.4) is 0 Å². The Morgan fingerprint density at radius 1 is 1.13 bits per heavy atom. The second kappa shape index (κ2) is 6.32. The molecular formula is C16H11Cl2N3O2. The largest absolute Gasteiger partial charge is 0.507 e. The predicted molar refractivity (Wildman–Crippen MR) is 90.1 cm³/mol. The number of phenolic OH excluding ortho intramolecular Hbond substituents is 1. The van der Waals surface area contributed by atoms with Crippen molar-refractivity contribution in [2.45, 2.75) is 0 Å². The number of rotatable bonds is 3. The van der Waals surface area contributed by atoms with E-state index in [1.807, 2.05) is 0 Å². The van der Waals surface area contributed by atoms with Crippen LogP contribution in [0.2, 0.25) is 10.0 Å². The van der Waals surface area contributed by atoms with E-state index in [9.17, 15) is 9.90 Å². The van der Waals surface area contributed by atoms with E-state index >= 15 is 0 Å². The van der Waals surface area contributed by atoms with Gasteiger partial charge in [-0.3, -0.25) is 9.89 Å². The molecule has 1 amide bonds. The minimum absolute atomic E-state index is 0.0268. The zero-order valence-corrected chi connectivity index (χ0v) is 13.2. The van der Waals surface area contributed by atoms with Gasteiger partial charge in [0, 0.05) is 10.6 Å². The minimum Gasteiger partial charge on any atom is -0.507 e. The molecule has 116 valence electrons. The lowest BCUT2D eigenvalue weighted by Gasteiger charge is -2.04. The smallest absolute Gasteiger partial charge is 0.273 e. The summed E-state index contributed by atoms with van der Waals surface area (Å²) in [6.07, 6.45) is 0. The average Bonchev–Trinajstić information content (AvgIpc) is 3.02. The number of carbonyl (C=O) groups excluding carboxylic acids is 1. The topological polar surface area (TPSA) is 78.0 Å². The van der Waals surface area contributed by atoms with Crippen molar-refractivity contribution in [2.24, 2.45) is 0 Å². The lowest BCUT2D eigenvalue weighted by molar-refractivity contribution is 0.102. The summed E-state index contributed by atoms with van der Waals surface area (Å²) < 4.78 is 0. The molecule has 0 radical (unpaired) electrons. The Kier molecular flexibility index (Phi) is 4.23. The van der Waals surface area contributed by atoms with E-state index in [1.165, 1.54) is 12.1 Å². The van der Waals surface area contributed by atoms with Gasteiger partial charge in [0.25, 0.3) is 5.91 Å². The number of H-pyrrole nitrogens is 1. The number of carbonyl (C=O) groups is 1. The molecular weight excluding hydrogens is 337 g/mol. The molecule has 7 heteroatoms. The van der Waals surface area contributed by atoms with Gasteiger partial charge in [-0.15, -0.1) is 0 Å². The van der Waals surface area contributed by atoms with Crippen LogP contribution in [-0.2, 0) is 0 Å². The number of hydrogen-bond acceptors (Lipinski definition) is 3. The Hall–Kier alpha value is -2.50. The third-order valence-corrected chi connectivity index (χ3v) is 3.74. The highest BCUT2D eigenvalue weighted by atomic mass is 35.5. The number of para-hydroxylation sites is 1. The molecule has 0 bridgehead atoms. The van der Waals surface area contributed by atoms with Gasteiger partial charge in [0.15, 0.2) is 0 Å². The first-order chi connectivity index (χ1) is 11.0. The summed E-state index contributed by atoms with van der Waals surface area (Å²) in [4.78, 5) is 12.2. The summed E-state index contributed by atoms with van der Waals surface area (Å²) in [6.45, 7) is 0. The number of halogens is 2. The molecule has 0 atom stereocenters. The quantitative estimate of drug-likeness (QED) is 0.659. The Balaban J connectivity index is 1.86. The van der Waals surface area contributed by atoms with Crippen molar-refractivity contribution in [1.82, 2.24) is 10.2 Å². The molecule has 1 heterocycles. The predicted octanol–water partition coefficient (Wildman–Crippen LogP) is 4.34. The summed E-state index contributed by atoms with van der Waals surface area (Å²) in [5, 5.41) is 20.1. The summed E-state index contributed by atoms with van der Waals surface area (Å²) >= 11 is 11.9. The van der Waals surface area contributed by atoms with Gasteiger partial charge in [-0.05, 0) is 36.4 Å². The third kappa shape index (κ3) is 3.31. The number of aromatic hydroxyl groups is 1. The van der Waals surface area contributed by atoms with Crippen LogP contribution in [-0.4, -0.2) is 21.2 Å². The fourth-order valence-electron chi connectivity index (χ4n) is 2.04. The molecule has 0 fully saturated rings. The second-order valence-corrected chi connectivity index (χ2v) is 5.61. The van der Waals surface area contributed by atoms with E-state index in [0.29, 0.717) is 27.0 Å². The molecule has 0 saturated heterocycles. The van der Waals surface area contributed by atoms with Crippen LogP contribution in [0.25, 0.3) is 11.3 Å². The number of benzene rings is 2. The van der Waals surface area contributed by atoms with Gasteiger partial charge in [-0.25, -0.2) is 0 Å². The van der Waals surface area contributed by atoms with E-state index in [2.05, 4.69) is 15.5 Å². The Morgan fingerprint density at radius 3 is 2.70 bits per heavy atom. The number of anilines is 1. The maximum absolute atomic E-state index is 12.2. The first-order valence-corrected chi connectivity index (χ1v) is 7.40. The third-order valence-electron chi connectivity index (χ3n) is 3.18. The molecule has 1 aromatic heterocycles. The summed E-state index contributed by atoms with van der Waals surface area (Å²) in [7, 11) is 0. The molecule has 0 spiro atoms. The maximum Gasteiger partial charge on any atom is 0.273 e.